The van der Waals surface area contributed by atoms with Crippen LogP contribution in [0.15, 0.2) is 17.1 Å². The van der Waals surface area contributed by atoms with Crippen LogP contribution in [0.5, 0.6) is 17.2 Å². The monoisotopic (exact) mass is 420 g/mol. The maximum atomic E-state index is 5.49. The zero-order valence-corrected chi connectivity index (χ0v) is 19.0. The molecule has 0 spiro atoms. The molecule has 2 aliphatic heterocycles. The van der Waals surface area contributed by atoms with Crippen LogP contribution in [-0.4, -0.2) is 89.6 Å². The van der Waals surface area contributed by atoms with Gasteiger partial charge in [0.05, 0.1) is 41.1 Å². The van der Waals surface area contributed by atoms with Crippen LogP contribution in [0.25, 0.3) is 0 Å². The smallest absolute Gasteiger partial charge is 0.203 e. The number of nitrogens with one attached hydrogen (secondary N) is 1. The van der Waals surface area contributed by atoms with Gasteiger partial charge in [0.2, 0.25) is 5.75 Å². The molecule has 30 heavy (non-hydrogen) atoms. The highest BCUT2D eigenvalue weighted by Gasteiger charge is 2.33. The van der Waals surface area contributed by atoms with Gasteiger partial charge in [0.25, 0.3) is 0 Å². The van der Waals surface area contributed by atoms with Crippen molar-refractivity contribution in [2.24, 2.45) is 10.4 Å². The van der Waals surface area contributed by atoms with E-state index in [1.807, 2.05) is 12.1 Å². The average Bonchev–Trinajstić information content (AvgIpc) is 2.75. The van der Waals surface area contributed by atoms with Gasteiger partial charge in [-0.3, -0.25) is 9.89 Å². The Hall–Kier alpha value is -2.19. The number of guanidine groups is 1. The van der Waals surface area contributed by atoms with Crippen LogP contribution in [-0.2, 0) is 11.3 Å². The van der Waals surface area contributed by atoms with Crippen LogP contribution < -0.4 is 19.5 Å². The molecule has 2 fully saturated rings. The molecule has 0 aliphatic carbocycles. The van der Waals surface area contributed by atoms with E-state index < -0.39 is 0 Å². The Bertz CT molecular complexity index is 703. The van der Waals surface area contributed by atoms with Gasteiger partial charge in [-0.25, -0.2) is 0 Å². The molecule has 0 atom stereocenters. The highest BCUT2D eigenvalue weighted by atomic mass is 16.5. The van der Waals surface area contributed by atoms with Gasteiger partial charge in [0.1, 0.15) is 0 Å². The molecule has 0 unspecified atom stereocenters. The lowest BCUT2D eigenvalue weighted by Crippen LogP contribution is -2.52. The van der Waals surface area contributed by atoms with E-state index in [0.29, 0.717) is 17.2 Å². The predicted molar refractivity (Wildman–Crippen MR) is 118 cm³/mol. The van der Waals surface area contributed by atoms with E-state index in [4.69, 9.17) is 23.9 Å². The molecule has 0 bridgehead atoms. The fourth-order valence-electron chi connectivity index (χ4n) is 3.84. The molecule has 0 amide bonds. The summed E-state index contributed by atoms with van der Waals surface area (Å²) in [5.74, 6) is 3.03. The minimum absolute atomic E-state index is 0.189. The summed E-state index contributed by atoms with van der Waals surface area (Å²) in [5, 5.41) is 3.45. The fourth-order valence-corrected chi connectivity index (χ4v) is 3.84. The molecule has 0 aromatic heterocycles. The number of methoxy groups -OCH3 is 3. The van der Waals surface area contributed by atoms with Crippen LogP contribution in [0.1, 0.15) is 19.4 Å². The zero-order valence-electron chi connectivity index (χ0n) is 19.0. The molecule has 1 aromatic carbocycles. The van der Waals surface area contributed by atoms with Crippen molar-refractivity contribution in [2.45, 2.75) is 20.4 Å². The lowest BCUT2D eigenvalue weighted by Gasteiger charge is -2.39. The lowest BCUT2D eigenvalue weighted by atomic mass is 9.89. The molecule has 2 aliphatic rings. The quantitative estimate of drug-likeness (QED) is 0.508. The third-order valence-corrected chi connectivity index (χ3v) is 5.65. The van der Waals surface area contributed by atoms with Crippen molar-refractivity contribution in [2.75, 3.05) is 73.8 Å². The van der Waals surface area contributed by atoms with Crippen molar-refractivity contribution in [3.8, 4) is 17.2 Å². The van der Waals surface area contributed by atoms with E-state index in [1.54, 1.807) is 21.3 Å². The highest BCUT2D eigenvalue weighted by Crippen LogP contribution is 2.38. The topological polar surface area (TPSA) is 67.8 Å². The second-order valence-electron chi connectivity index (χ2n) is 8.27. The van der Waals surface area contributed by atoms with Gasteiger partial charge in [-0.05, 0) is 24.6 Å². The Kier molecular flexibility index (Phi) is 7.66. The molecule has 0 radical (unpaired) electrons. The zero-order chi connectivity index (χ0) is 21.6. The van der Waals surface area contributed by atoms with E-state index in [9.17, 15) is 0 Å². The fraction of sp³-hybridized carbons (Fsp3) is 0.682. The van der Waals surface area contributed by atoms with Crippen LogP contribution in [0.4, 0.5) is 0 Å². The van der Waals surface area contributed by atoms with Crippen molar-refractivity contribution in [3.63, 3.8) is 0 Å². The van der Waals surface area contributed by atoms with Crippen molar-refractivity contribution >= 4 is 5.96 Å². The number of hydrogen-bond donors (Lipinski definition) is 1. The Morgan fingerprint density at radius 1 is 1.07 bits per heavy atom. The number of hydrogen-bond acceptors (Lipinski definition) is 6. The first-order valence-corrected chi connectivity index (χ1v) is 10.6. The van der Waals surface area contributed by atoms with Crippen molar-refractivity contribution in [3.05, 3.63) is 17.7 Å². The first kappa shape index (κ1) is 22.5. The maximum absolute atomic E-state index is 5.49. The summed E-state index contributed by atoms with van der Waals surface area (Å²) in [7, 11) is 4.93. The van der Waals surface area contributed by atoms with Gasteiger partial charge in [0, 0.05) is 44.7 Å². The van der Waals surface area contributed by atoms with Gasteiger partial charge in [-0.1, -0.05) is 6.92 Å². The minimum Gasteiger partial charge on any atom is -0.493 e. The lowest BCUT2D eigenvalue weighted by molar-refractivity contribution is -0.0946. The summed E-state index contributed by atoms with van der Waals surface area (Å²) in [6.45, 7) is 12.3. The van der Waals surface area contributed by atoms with Gasteiger partial charge < -0.3 is 29.2 Å². The number of benzene rings is 1. The van der Waals surface area contributed by atoms with Gasteiger partial charge in [-0.15, -0.1) is 0 Å². The molecule has 0 saturated carbocycles. The molecule has 3 rings (SSSR count). The minimum atomic E-state index is 0.189. The summed E-state index contributed by atoms with van der Waals surface area (Å²) >= 11 is 0. The Balaban J connectivity index is 1.60. The summed E-state index contributed by atoms with van der Waals surface area (Å²) in [5.41, 5.74) is 1.34. The molecule has 1 N–H and O–H groups in total. The molecule has 2 heterocycles. The van der Waals surface area contributed by atoms with E-state index in [0.717, 1.165) is 70.6 Å². The third-order valence-electron chi connectivity index (χ3n) is 5.65. The molecule has 1 aromatic rings. The maximum Gasteiger partial charge on any atom is 0.203 e. The van der Waals surface area contributed by atoms with Gasteiger partial charge >= 0.3 is 0 Å². The molecule has 8 heteroatoms. The third kappa shape index (κ3) is 5.29. The van der Waals surface area contributed by atoms with E-state index in [1.165, 1.54) is 0 Å². The summed E-state index contributed by atoms with van der Waals surface area (Å²) in [6.07, 6.45) is 0. The number of nitrogens with zero attached hydrogens (tertiary/aromatic N) is 3. The summed E-state index contributed by atoms with van der Waals surface area (Å²) < 4.78 is 21.8. The van der Waals surface area contributed by atoms with Crippen LogP contribution in [0.3, 0.4) is 0 Å². The standard InChI is InChI=1S/C22H36N4O4/c1-6-23-21(24-14-22(2)15-30-16-22)26-9-7-25(8-10-26)13-17-11-18(27-3)20(29-5)19(12-17)28-4/h11-12H,6-10,13-16H2,1-5H3,(H,23,24). The Morgan fingerprint density at radius 2 is 1.70 bits per heavy atom. The number of ether oxygens (including phenoxy) is 4. The Morgan fingerprint density at radius 3 is 2.17 bits per heavy atom. The first-order chi connectivity index (χ1) is 14.5. The number of rotatable bonds is 8. The second-order valence-corrected chi connectivity index (χ2v) is 8.27. The first-order valence-electron chi connectivity index (χ1n) is 10.6. The van der Waals surface area contributed by atoms with Gasteiger partial charge in [-0.2, -0.15) is 0 Å². The van der Waals surface area contributed by atoms with E-state index in [2.05, 4.69) is 29.0 Å². The van der Waals surface area contributed by atoms with Crippen molar-refractivity contribution in [1.29, 1.82) is 0 Å². The van der Waals surface area contributed by atoms with Crippen LogP contribution in [0, 0.1) is 5.41 Å². The number of piperazine rings is 1. The largest absolute Gasteiger partial charge is 0.493 e. The molecule has 8 nitrogen and oxygen atoms in total. The van der Waals surface area contributed by atoms with Crippen LogP contribution >= 0.6 is 0 Å². The molecular formula is C22H36N4O4. The summed E-state index contributed by atoms with van der Waals surface area (Å²) in [6, 6.07) is 4.06. The van der Waals surface area contributed by atoms with E-state index >= 15 is 0 Å². The van der Waals surface area contributed by atoms with Crippen LogP contribution in [0.2, 0.25) is 0 Å². The Labute approximate surface area is 180 Å². The van der Waals surface area contributed by atoms with Gasteiger partial charge in [0.15, 0.2) is 17.5 Å². The summed E-state index contributed by atoms with van der Waals surface area (Å²) in [4.78, 5) is 9.70. The predicted octanol–water partition coefficient (Wildman–Crippen LogP) is 1.83. The SMILES string of the molecule is CCNC(=NCC1(C)COC1)N1CCN(Cc2cc(OC)c(OC)c(OC)c2)CC1. The second kappa shape index (κ2) is 10.2. The van der Waals surface area contributed by atoms with Crippen molar-refractivity contribution < 1.29 is 18.9 Å². The highest BCUT2D eigenvalue weighted by molar-refractivity contribution is 5.80. The molecular weight excluding hydrogens is 384 g/mol. The average molecular weight is 421 g/mol. The normalized spacial score (nSPS) is 19.2. The molecule has 2 saturated heterocycles. The number of aliphatic imine (C=N–C) groups is 1. The molecule has 168 valence electrons. The van der Waals surface area contributed by atoms with Crippen molar-refractivity contribution in [1.82, 2.24) is 15.1 Å². The van der Waals surface area contributed by atoms with E-state index in [-0.39, 0.29) is 5.41 Å².